The minimum atomic E-state index is -4.53. The van der Waals surface area contributed by atoms with Gasteiger partial charge in [0.1, 0.15) is 5.75 Å². The molecule has 0 radical (unpaired) electrons. The van der Waals surface area contributed by atoms with E-state index in [0.29, 0.717) is 30.3 Å². The molecule has 0 atom stereocenters. The van der Waals surface area contributed by atoms with E-state index in [-0.39, 0.29) is 11.6 Å². The molecule has 0 spiro atoms. The van der Waals surface area contributed by atoms with Crippen LogP contribution in [-0.2, 0) is 6.18 Å². The van der Waals surface area contributed by atoms with Crippen molar-refractivity contribution >= 4 is 5.95 Å². The van der Waals surface area contributed by atoms with Gasteiger partial charge in [-0.2, -0.15) is 13.2 Å². The molecule has 1 saturated heterocycles. The number of hydrogen-bond donors (Lipinski definition) is 0. The van der Waals surface area contributed by atoms with E-state index >= 15 is 0 Å². The van der Waals surface area contributed by atoms with Crippen LogP contribution in [0.15, 0.2) is 30.3 Å². The van der Waals surface area contributed by atoms with Crippen LogP contribution in [0.5, 0.6) is 5.75 Å². The summed E-state index contributed by atoms with van der Waals surface area (Å²) in [7, 11) is 1.48. The van der Waals surface area contributed by atoms with Crippen molar-refractivity contribution in [3.05, 3.63) is 36.0 Å². The number of nitrogens with zero attached hydrogens (tertiary/aromatic N) is 3. The van der Waals surface area contributed by atoms with Gasteiger partial charge in [0.2, 0.25) is 5.95 Å². The molecular formula is C18H20F3N3O. The van der Waals surface area contributed by atoms with E-state index in [4.69, 9.17) is 4.74 Å². The summed E-state index contributed by atoms with van der Waals surface area (Å²) in [5, 5.41) is 0. The minimum absolute atomic E-state index is 0.127. The third-order valence-corrected chi connectivity index (χ3v) is 4.45. The zero-order valence-corrected chi connectivity index (χ0v) is 14.2. The van der Waals surface area contributed by atoms with E-state index in [2.05, 4.69) is 16.9 Å². The molecule has 0 unspecified atom stereocenters. The number of anilines is 1. The van der Waals surface area contributed by atoms with E-state index < -0.39 is 11.9 Å². The molecule has 7 heteroatoms. The number of alkyl halides is 3. The predicted molar refractivity (Wildman–Crippen MR) is 89.6 cm³/mol. The molecule has 1 fully saturated rings. The van der Waals surface area contributed by atoms with Crippen LogP contribution in [0.25, 0.3) is 11.3 Å². The number of benzene rings is 1. The van der Waals surface area contributed by atoms with Crippen LogP contribution in [0, 0.1) is 5.92 Å². The van der Waals surface area contributed by atoms with Crippen molar-refractivity contribution in [1.82, 2.24) is 9.97 Å². The third-order valence-electron chi connectivity index (χ3n) is 4.45. The fraction of sp³-hybridized carbons (Fsp3) is 0.444. The van der Waals surface area contributed by atoms with Gasteiger partial charge in [0, 0.05) is 18.7 Å². The van der Waals surface area contributed by atoms with Crippen molar-refractivity contribution in [2.45, 2.75) is 25.9 Å². The van der Waals surface area contributed by atoms with Gasteiger partial charge in [0.15, 0.2) is 5.69 Å². The van der Waals surface area contributed by atoms with Crippen LogP contribution in [-0.4, -0.2) is 30.2 Å². The summed E-state index contributed by atoms with van der Waals surface area (Å²) in [6, 6.07) is 7.89. The van der Waals surface area contributed by atoms with Crippen LogP contribution in [0.4, 0.5) is 19.1 Å². The summed E-state index contributed by atoms with van der Waals surface area (Å²) in [5.74, 6) is 1.17. The molecule has 0 aliphatic carbocycles. The highest BCUT2D eigenvalue weighted by Crippen LogP contribution is 2.35. The number of hydrogen-bond acceptors (Lipinski definition) is 4. The molecule has 0 amide bonds. The SMILES string of the molecule is COc1ccccc1-c1cc(C(F)(F)F)nc(N2CCC(C)CC2)n1. The average Bonchev–Trinajstić information content (AvgIpc) is 2.61. The second-order valence-electron chi connectivity index (χ2n) is 6.31. The molecule has 3 rings (SSSR count). The summed E-state index contributed by atoms with van der Waals surface area (Å²) >= 11 is 0. The molecule has 0 saturated carbocycles. The Bertz CT molecular complexity index is 741. The van der Waals surface area contributed by atoms with Crippen molar-refractivity contribution in [3.63, 3.8) is 0 Å². The zero-order valence-electron chi connectivity index (χ0n) is 14.2. The summed E-state index contributed by atoms with van der Waals surface area (Å²) in [6.07, 6.45) is -2.69. The van der Waals surface area contributed by atoms with E-state index in [1.807, 2.05) is 4.90 Å². The Morgan fingerprint density at radius 3 is 2.44 bits per heavy atom. The number of piperidine rings is 1. The smallest absolute Gasteiger partial charge is 0.433 e. The Morgan fingerprint density at radius 1 is 1.12 bits per heavy atom. The maximum atomic E-state index is 13.3. The molecule has 134 valence electrons. The van der Waals surface area contributed by atoms with Crippen LogP contribution in [0.1, 0.15) is 25.5 Å². The van der Waals surface area contributed by atoms with E-state index in [1.54, 1.807) is 24.3 Å². The van der Waals surface area contributed by atoms with Crippen molar-refractivity contribution in [1.29, 1.82) is 0 Å². The lowest BCUT2D eigenvalue weighted by atomic mass is 9.99. The van der Waals surface area contributed by atoms with E-state index in [1.165, 1.54) is 7.11 Å². The van der Waals surface area contributed by atoms with Gasteiger partial charge in [-0.3, -0.25) is 0 Å². The van der Waals surface area contributed by atoms with Crippen molar-refractivity contribution in [2.75, 3.05) is 25.1 Å². The number of aromatic nitrogens is 2. The van der Waals surface area contributed by atoms with Gasteiger partial charge in [0.05, 0.1) is 12.8 Å². The summed E-state index contributed by atoms with van der Waals surface area (Å²) in [4.78, 5) is 10.0. The molecule has 2 heterocycles. The fourth-order valence-electron chi connectivity index (χ4n) is 2.92. The summed E-state index contributed by atoms with van der Waals surface area (Å²) < 4.78 is 45.3. The highest BCUT2D eigenvalue weighted by molar-refractivity contribution is 5.68. The monoisotopic (exact) mass is 351 g/mol. The summed E-state index contributed by atoms with van der Waals surface area (Å²) in [5.41, 5.74) is -0.199. The maximum Gasteiger partial charge on any atom is 0.433 e. The zero-order chi connectivity index (χ0) is 18.0. The number of rotatable bonds is 3. The average molecular weight is 351 g/mol. The standard InChI is InChI=1S/C18H20F3N3O/c1-12-7-9-24(10-8-12)17-22-14(11-16(23-17)18(19,20)21)13-5-3-4-6-15(13)25-2/h3-6,11-12H,7-10H2,1-2H3. The lowest BCUT2D eigenvalue weighted by molar-refractivity contribution is -0.141. The topological polar surface area (TPSA) is 38.2 Å². The Morgan fingerprint density at radius 2 is 1.80 bits per heavy atom. The van der Waals surface area contributed by atoms with Gasteiger partial charge in [0.25, 0.3) is 0 Å². The fourth-order valence-corrected chi connectivity index (χ4v) is 2.92. The Hall–Kier alpha value is -2.31. The molecule has 2 aromatic rings. The Labute approximate surface area is 144 Å². The lowest BCUT2D eigenvalue weighted by Gasteiger charge is -2.30. The molecular weight excluding hydrogens is 331 g/mol. The minimum Gasteiger partial charge on any atom is -0.496 e. The predicted octanol–water partition coefficient (Wildman–Crippen LogP) is 4.41. The van der Waals surface area contributed by atoms with Gasteiger partial charge in [-0.25, -0.2) is 9.97 Å². The van der Waals surface area contributed by atoms with Gasteiger partial charge < -0.3 is 9.64 Å². The quantitative estimate of drug-likeness (QED) is 0.821. The summed E-state index contributed by atoms with van der Waals surface area (Å²) in [6.45, 7) is 3.46. The van der Waals surface area contributed by atoms with Crippen molar-refractivity contribution in [2.24, 2.45) is 5.92 Å². The highest BCUT2D eigenvalue weighted by atomic mass is 19.4. The van der Waals surface area contributed by atoms with Crippen LogP contribution < -0.4 is 9.64 Å². The molecule has 0 N–H and O–H groups in total. The van der Waals surface area contributed by atoms with Gasteiger partial charge in [-0.1, -0.05) is 19.1 Å². The molecule has 1 aromatic heterocycles. The molecule has 25 heavy (non-hydrogen) atoms. The van der Waals surface area contributed by atoms with Crippen LogP contribution in [0.3, 0.4) is 0 Å². The lowest BCUT2D eigenvalue weighted by Crippen LogP contribution is -2.34. The normalized spacial score (nSPS) is 16.1. The van der Waals surface area contributed by atoms with E-state index in [9.17, 15) is 13.2 Å². The molecule has 1 aromatic carbocycles. The van der Waals surface area contributed by atoms with Crippen molar-refractivity contribution < 1.29 is 17.9 Å². The third kappa shape index (κ3) is 3.86. The Balaban J connectivity index is 2.07. The maximum absolute atomic E-state index is 13.3. The first-order valence-electron chi connectivity index (χ1n) is 8.23. The number of ether oxygens (including phenoxy) is 1. The van der Waals surface area contributed by atoms with Gasteiger partial charge in [-0.05, 0) is 37.0 Å². The van der Waals surface area contributed by atoms with Crippen LogP contribution >= 0.6 is 0 Å². The Kier molecular flexibility index (Phi) is 4.83. The van der Waals surface area contributed by atoms with Gasteiger partial charge >= 0.3 is 6.18 Å². The van der Waals surface area contributed by atoms with Gasteiger partial charge in [-0.15, -0.1) is 0 Å². The molecule has 1 aliphatic heterocycles. The van der Waals surface area contributed by atoms with Crippen LogP contribution in [0.2, 0.25) is 0 Å². The number of methoxy groups -OCH3 is 1. The first-order chi connectivity index (χ1) is 11.9. The number of halogens is 3. The first-order valence-corrected chi connectivity index (χ1v) is 8.23. The second kappa shape index (κ2) is 6.90. The largest absolute Gasteiger partial charge is 0.496 e. The first kappa shape index (κ1) is 17.5. The molecule has 1 aliphatic rings. The highest BCUT2D eigenvalue weighted by Gasteiger charge is 2.35. The molecule has 0 bridgehead atoms. The number of para-hydroxylation sites is 1. The second-order valence-corrected chi connectivity index (χ2v) is 6.31. The molecule has 4 nitrogen and oxygen atoms in total. The van der Waals surface area contributed by atoms with E-state index in [0.717, 1.165) is 18.9 Å². The van der Waals surface area contributed by atoms with Crippen molar-refractivity contribution in [3.8, 4) is 17.0 Å².